The van der Waals surface area contributed by atoms with Crippen LogP contribution in [-0.2, 0) is 0 Å². The number of aromatic nitrogens is 2. The first kappa shape index (κ1) is 18.1. The maximum absolute atomic E-state index is 14.6. The fourth-order valence-electron chi connectivity index (χ4n) is 3.32. The Morgan fingerprint density at radius 2 is 1.82 bits per heavy atom. The highest BCUT2D eigenvalue weighted by atomic mass is 19.1. The van der Waals surface area contributed by atoms with Gasteiger partial charge in [-0.15, -0.1) is 0 Å². The second-order valence-corrected chi connectivity index (χ2v) is 6.64. The van der Waals surface area contributed by atoms with Gasteiger partial charge in [0.15, 0.2) is 11.6 Å². The van der Waals surface area contributed by atoms with Crippen LogP contribution >= 0.6 is 0 Å². The number of benzene rings is 3. The molecule has 0 aliphatic heterocycles. The van der Waals surface area contributed by atoms with Crippen LogP contribution in [0.4, 0.5) is 8.78 Å². The second kappa shape index (κ2) is 7.05. The predicted molar refractivity (Wildman–Crippen MR) is 106 cm³/mol. The number of rotatable bonds is 4. The molecule has 0 amide bonds. The summed E-state index contributed by atoms with van der Waals surface area (Å²) in [6.45, 7) is 1.91. The maximum Gasteiger partial charge on any atom is 0.165 e. The molecule has 0 spiro atoms. The van der Waals surface area contributed by atoms with Gasteiger partial charge in [0.1, 0.15) is 12.1 Å². The molecule has 1 aromatic heterocycles. The third kappa shape index (κ3) is 3.01. The van der Waals surface area contributed by atoms with Crippen molar-refractivity contribution in [2.24, 2.45) is 5.73 Å². The van der Waals surface area contributed by atoms with Crippen molar-refractivity contribution < 1.29 is 13.5 Å². The number of methoxy groups -OCH3 is 1. The Labute approximate surface area is 161 Å². The molecule has 1 heterocycles. The normalized spacial score (nSPS) is 12.3. The highest BCUT2D eigenvalue weighted by molar-refractivity contribution is 5.79. The van der Waals surface area contributed by atoms with Crippen LogP contribution < -0.4 is 10.5 Å². The minimum Gasteiger partial charge on any atom is -0.493 e. The molecule has 0 saturated carbocycles. The first-order chi connectivity index (χ1) is 13.5. The first-order valence-corrected chi connectivity index (χ1v) is 8.85. The minimum atomic E-state index is -0.540. The van der Waals surface area contributed by atoms with E-state index in [-0.39, 0.29) is 17.4 Å². The van der Waals surface area contributed by atoms with Crippen LogP contribution in [0.5, 0.6) is 5.75 Å². The van der Waals surface area contributed by atoms with Crippen molar-refractivity contribution in [3.05, 3.63) is 78.1 Å². The second-order valence-electron chi connectivity index (χ2n) is 6.64. The summed E-state index contributed by atoms with van der Waals surface area (Å²) in [5, 5.41) is 0. The molecule has 142 valence electrons. The van der Waals surface area contributed by atoms with E-state index in [1.807, 2.05) is 29.7 Å². The fourth-order valence-corrected chi connectivity index (χ4v) is 3.32. The van der Waals surface area contributed by atoms with Crippen LogP contribution in [0.15, 0.2) is 60.9 Å². The standard InChI is InChI=1S/C22H19F2N3O/c1-13(25)14-6-9-21-20(10-14)26-12-27(21)15-7-8-18(23)17(11-15)16-4-3-5-19(24)22(16)28-2/h3-13H,25H2,1-2H3/t13-/m1/s1. The summed E-state index contributed by atoms with van der Waals surface area (Å²) < 4.78 is 35.7. The molecule has 0 unspecified atom stereocenters. The maximum atomic E-state index is 14.6. The Morgan fingerprint density at radius 3 is 2.57 bits per heavy atom. The topological polar surface area (TPSA) is 53.1 Å². The Hall–Kier alpha value is -3.25. The molecule has 1 atom stereocenters. The van der Waals surface area contributed by atoms with Crippen LogP contribution in [-0.4, -0.2) is 16.7 Å². The Balaban J connectivity index is 1.87. The van der Waals surface area contributed by atoms with Gasteiger partial charge in [-0.2, -0.15) is 0 Å². The smallest absolute Gasteiger partial charge is 0.165 e. The van der Waals surface area contributed by atoms with Crippen LogP contribution in [0, 0.1) is 11.6 Å². The zero-order valence-corrected chi connectivity index (χ0v) is 15.5. The van der Waals surface area contributed by atoms with E-state index in [4.69, 9.17) is 10.5 Å². The van der Waals surface area contributed by atoms with Crippen molar-refractivity contribution in [3.8, 4) is 22.6 Å². The summed E-state index contributed by atoms with van der Waals surface area (Å²) in [7, 11) is 1.36. The largest absolute Gasteiger partial charge is 0.493 e. The summed E-state index contributed by atoms with van der Waals surface area (Å²) in [6.07, 6.45) is 1.68. The molecule has 0 fully saturated rings. The number of nitrogens with two attached hydrogens (primary N) is 1. The van der Waals surface area contributed by atoms with E-state index in [1.165, 1.54) is 25.3 Å². The summed E-state index contributed by atoms with van der Waals surface area (Å²) in [5.74, 6) is -0.992. The number of ether oxygens (including phenoxy) is 1. The van der Waals surface area contributed by atoms with Crippen molar-refractivity contribution >= 4 is 11.0 Å². The molecule has 2 N–H and O–H groups in total. The van der Waals surface area contributed by atoms with Crippen molar-refractivity contribution in [1.29, 1.82) is 0 Å². The van der Waals surface area contributed by atoms with Gasteiger partial charge in [0.25, 0.3) is 0 Å². The lowest BCUT2D eigenvalue weighted by molar-refractivity contribution is 0.388. The number of halogens is 2. The van der Waals surface area contributed by atoms with Gasteiger partial charge in [-0.05, 0) is 48.9 Å². The van der Waals surface area contributed by atoms with Gasteiger partial charge in [0.2, 0.25) is 0 Å². The number of hydrogen-bond acceptors (Lipinski definition) is 3. The summed E-state index contributed by atoms with van der Waals surface area (Å²) in [4.78, 5) is 4.44. The van der Waals surface area contributed by atoms with Crippen molar-refractivity contribution in [3.63, 3.8) is 0 Å². The number of para-hydroxylation sites is 1. The van der Waals surface area contributed by atoms with E-state index in [1.54, 1.807) is 24.5 Å². The lowest BCUT2D eigenvalue weighted by atomic mass is 10.0. The molecule has 6 heteroatoms. The van der Waals surface area contributed by atoms with E-state index < -0.39 is 11.6 Å². The molecule has 4 aromatic rings. The van der Waals surface area contributed by atoms with Crippen molar-refractivity contribution in [2.75, 3.05) is 7.11 Å². The Bertz CT molecular complexity index is 1170. The average Bonchev–Trinajstić information content (AvgIpc) is 3.11. The molecular formula is C22H19F2N3O. The molecular weight excluding hydrogens is 360 g/mol. The van der Waals surface area contributed by atoms with Crippen LogP contribution in [0.25, 0.3) is 27.8 Å². The zero-order chi connectivity index (χ0) is 19.8. The summed E-state index contributed by atoms with van der Waals surface area (Å²) in [5.41, 5.74) is 9.91. The monoisotopic (exact) mass is 379 g/mol. The van der Waals surface area contributed by atoms with Gasteiger partial charge in [-0.1, -0.05) is 18.2 Å². The molecule has 0 bridgehead atoms. The third-order valence-corrected chi connectivity index (χ3v) is 4.79. The van der Waals surface area contributed by atoms with Crippen molar-refractivity contribution in [2.45, 2.75) is 13.0 Å². The Morgan fingerprint density at radius 1 is 1.00 bits per heavy atom. The highest BCUT2D eigenvalue weighted by Crippen LogP contribution is 2.35. The molecule has 0 radical (unpaired) electrons. The van der Waals surface area contributed by atoms with Crippen LogP contribution in [0.1, 0.15) is 18.5 Å². The third-order valence-electron chi connectivity index (χ3n) is 4.79. The van der Waals surface area contributed by atoms with Gasteiger partial charge in [-0.25, -0.2) is 13.8 Å². The SMILES string of the molecule is COc1c(F)cccc1-c1cc(-n2cnc3cc([C@@H](C)N)ccc32)ccc1F. The van der Waals surface area contributed by atoms with Crippen LogP contribution in [0.3, 0.4) is 0 Å². The average molecular weight is 379 g/mol. The first-order valence-electron chi connectivity index (χ1n) is 8.85. The minimum absolute atomic E-state index is 0.00983. The lowest BCUT2D eigenvalue weighted by Crippen LogP contribution is -2.04. The van der Waals surface area contributed by atoms with Gasteiger partial charge in [0.05, 0.1) is 18.1 Å². The number of fused-ring (bicyclic) bond motifs is 1. The van der Waals surface area contributed by atoms with E-state index in [0.29, 0.717) is 11.3 Å². The van der Waals surface area contributed by atoms with Gasteiger partial charge < -0.3 is 10.5 Å². The van der Waals surface area contributed by atoms with E-state index in [0.717, 1.165) is 16.6 Å². The van der Waals surface area contributed by atoms with E-state index >= 15 is 0 Å². The predicted octanol–water partition coefficient (Wildman–Crippen LogP) is 5.00. The Kier molecular flexibility index (Phi) is 4.57. The lowest BCUT2D eigenvalue weighted by Gasteiger charge is -2.13. The summed E-state index contributed by atoms with van der Waals surface area (Å²) >= 11 is 0. The fraction of sp³-hybridized carbons (Fsp3) is 0.136. The highest BCUT2D eigenvalue weighted by Gasteiger charge is 2.16. The quantitative estimate of drug-likeness (QED) is 0.543. The molecule has 0 aliphatic carbocycles. The molecule has 28 heavy (non-hydrogen) atoms. The number of nitrogens with zero attached hydrogens (tertiary/aromatic N) is 2. The molecule has 0 saturated heterocycles. The number of imidazole rings is 1. The molecule has 4 nitrogen and oxygen atoms in total. The van der Waals surface area contributed by atoms with Gasteiger partial charge in [0, 0.05) is 22.9 Å². The van der Waals surface area contributed by atoms with Crippen LogP contribution in [0.2, 0.25) is 0 Å². The van der Waals surface area contributed by atoms with Crippen molar-refractivity contribution in [1.82, 2.24) is 9.55 Å². The van der Waals surface area contributed by atoms with Gasteiger partial charge in [-0.3, -0.25) is 4.57 Å². The molecule has 3 aromatic carbocycles. The number of hydrogen-bond donors (Lipinski definition) is 1. The van der Waals surface area contributed by atoms with Gasteiger partial charge >= 0.3 is 0 Å². The van der Waals surface area contributed by atoms with E-state index in [9.17, 15) is 8.78 Å². The molecule has 0 aliphatic rings. The summed E-state index contributed by atoms with van der Waals surface area (Å²) in [6, 6.07) is 14.9. The molecule has 4 rings (SSSR count). The van der Waals surface area contributed by atoms with E-state index in [2.05, 4.69) is 4.98 Å². The zero-order valence-electron chi connectivity index (χ0n) is 15.5.